The van der Waals surface area contributed by atoms with Gasteiger partial charge in [-0.3, -0.25) is 14.4 Å². The maximum absolute atomic E-state index is 12.7. The summed E-state index contributed by atoms with van der Waals surface area (Å²) in [6.45, 7) is 6.35. The standard InChI is InChI=1S/C64H102O6/c1-4-7-10-13-16-18-20-22-23-24-25-26-27-28-29-30-31-32-33-34-35-36-37-38-39-40-41-43-44-46-48-51-54-57-63(66)69-60-61(59-68-62(65)56-53-50-15-12-9-6-3)70-64(67)58-55-52-49-47-45-42-21-19-17-14-11-8-5-2/h7,10-11,14,16,18-19,21-23,25-26,28-29,31-32,34-35,37-38,40-41,61H,4-6,8-9,12-13,15,17,20,24,27,30,33,36,39,42-60H2,1-3H3/b10-7-,14-11-,18-16-,21-19-,23-22-,26-25-,29-28-,32-31-,35-34-,38-37-,41-40-. The second kappa shape index (κ2) is 57.1. The third-order valence-electron chi connectivity index (χ3n) is 11.4. The normalized spacial score (nSPS) is 13.1. The molecule has 0 rings (SSSR count). The van der Waals surface area contributed by atoms with Crippen LogP contribution in [0.25, 0.3) is 0 Å². The topological polar surface area (TPSA) is 78.9 Å². The van der Waals surface area contributed by atoms with Crippen molar-refractivity contribution < 1.29 is 28.6 Å². The smallest absolute Gasteiger partial charge is 0.306 e. The molecule has 0 spiro atoms. The fourth-order valence-corrected chi connectivity index (χ4v) is 7.18. The third-order valence-corrected chi connectivity index (χ3v) is 11.4. The van der Waals surface area contributed by atoms with Crippen molar-refractivity contribution in [2.45, 2.75) is 239 Å². The van der Waals surface area contributed by atoms with Crippen LogP contribution in [0.4, 0.5) is 0 Å². The Morgan fingerprint density at radius 1 is 0.300 bits per heavy atom. The van der Waals surface area contributed by atoms with Crippen molar-refractivity contribution in [3.63, 3.8) is 0 Å². The Morgan fingerprint density at radius 3 is 0.929 bits per heavy atom. The van der Waals surface area contributed by atoms with Gasteiger partial charge in [-0.05, 0) is 116 Å². The van der Waals surface area contributed by atoms with Gasteiger partial charge in [-0.25, -0.2) is 0 Å². The molecule has 1 atom stereocenters. The highest BCUT2D eigenvalue weighted by Gasteiger charge is 2.19. The highest BCUT2D eigenvalue weighted by Crippen LogP contribution is 2.13. The average Bonchev–Trinajstić information content (AvgIpc) is 3.36. The Balaban J connectivity index is 4.17. The number of carbonyl (C=O) groups is 3. The summed E-state index contributed by atoms with van der Waals surface area (Å²) in [7, 11) is 0. The number of ether oxygens (including phenoxy) is 3. The molecule has 0 saturated carbocycles. The van der Waals surface area contributed by atoms with Crippen molar-refractivity contribution in [1.29, 1.82) is 0 Å². The molecule has 6 heteroatoms. The van der Waals surface area contributed by atoms with Crippen molar-refractivity contribution in [2.75, 3.05) is 13.2 Å². The van der Waals surface area contributed by atoms with Crippen LogP contribution >= 0.6 is 0 Å². The SMILES string of the molecule is CC/C=C\C/C=C\C/C=C\C/C=C\C/C=C\C/C=C\C/C=C\C/C=C\C/C=C\CCCCCCCC(=O)OCC(COC(=O)CCCCCCCC)OC(=O)CCCCCCC/C=C\C/C=C\CCC. The lowest BCUT2D eigenvalue weighted by molar-refractivity contribution is -0.167. The molecule has 0 aliphatic heterocycles. The van der Waals surface area contributed by atoms with Crippen molar-refractivity contribution in [1.82, 2.24) is 0 Å². The second-order valence-corrected chi connectivity index (χ2v) is 18.1. The first-order valence-electron chi connectivity index (χ1n) is 28.2. The maximum atomic E-state index is 12.7. The summed E-state index contributed by atoms with van der Waals surface area (Å²) in [6, 6.07) is 0. The molecule has 0 heterocycles. The quantitative estimate of drug-likeness (QED) is 0.0262. The van der Waals surface area contributed by atoms with Gasteiger partial charge in [0.05, 0.1) is 0 Å². The van der Waals surface area contributed by atoms with E-state index in [9.17, 15) is 14.4 Å². The van der Waals surface area contributed by atoms with Crippen LogP contribution in [0.2, 0.25) is 0 Å². The van der Waals surface area contributed by atoms with Gasteiger partial charge < -0.3 is 14.2 Å². The van der Waals surface area contributed by atoms with E-state index in [-0.39, 0.29) is 31.1 Å². The van der Waals surface area contributed by atoms with E-state index in [1.54, 1.807) is 0 Å². The summed E-state index contributed by atoms with van der Waals surface area (Å²) in [4.78, 5) is 37.8. The second-order valence-electron chi connectivity index (χ2n) is 18.1. The molecule has 394 valence electrons. The first-order valence-corrected chi connectivity index (χ1v) is 28.2. The van der Waals surface area contributed by atoms with Crippen LogP contribution in [0, 0.1) is 0 Å². The van der Waals surface area contributed by atoms with Crippen LogP contribution in [0.15, 0.2) is 134 Å². The predicted molar refractivity (Wildman–Crippen MR) is 302 cm³/mol. The molecular formula is C64H102O6. The van der Waals surface area contributed by atoms with E-state index < -0.39 is 6.10 Å². The number of rotatable bonds is 49. The number of allylic oxidation sites excluding steroid dienone is 22. The van der Waals surface area contributed by atoms with E-state index in [0.717, 1.165) is 167 Å². The molecule has 0 aromatic heterocycles. The van der Waals surface area contributed by atoms with Gasteiger partial charge in [0.1, 0.15) is 13.2 Å². The average molecular weight is 968 g/mol. The maximum Gasteiger partial charge on any atom is 0.306 e. The summed E-state index contributed by atoms with van der Waals surface area (Å²) in [5.74, 6) is -0.945. The highest BCUT2D eigenvalue weighted by molar-refractivity contribution is 5.71. The lowest BCUT2D eigenvalue weighted by Crippen LogP contribution is -2.30. The van der Waals surface area contributed by atoms with E-state index >= 15 is 0 Å². The van der Waals surface area contributed by atoms with Crippen LogP contribution in [0.1, 0.15) is 233 Å². The Bertz CT molecular complexity index is 1530. The number of hydrogen-bond donors (Lipinski definition) is 0. The molecule has 0 N–H and O–H groups in total. The molecular weight excluding hydrogens is 865 g/mol. The van der Waals surface area contributed by atoms with Gasteiger partial charge >= 0.3 is 17.9 Å². The number of hydrogen-bond acceptors (Lipinski definition) is 6. The van der Waals surface area contributed by atoms with Crippen molar-refractivity contribution in [3.8, 4) is 0 Å². The Morgan fingerprint density at radius 2 is 0.586 bits per heavy atom. The molecule has 6 nitrogen and oxygen atoms in total. The van der Waals surface area contributed by atoms with Crippen molar-refractivity contribution >= 4 is 17.9 Å². The molecule has 0 saturated heterocycles. The summed E-state index contributed by atoms with van der Waals surface area (Å²) < 4.78 is 16.7. The van der Waals surface area contributed by atoms with E-state index in [4.69, 9.17) is 14.2 Å². The minimum Gasteiger partial charge on any atom is -0.462 e. The van der Waals surface area contributed by atoms with E-state index in [1.165, 1.54) is 25.7 Å². The third kappa shape index (κ3) is 54.5. The summed E-state index contributed by atoms with van der Waals surface area (Å²) in [6.07, 6.45) is 80.5. The molecule has 0 aromatic rings. The monoisotopic (exact) mass is 967 g/mol. The van der Waals surface area contributed by atoms with Gasteiger partial charge in [-0.2, -0.15) is 0 Å². The van der Waals surface area contributed by atoms with E-state index in [2.05, 4.69) is 154 Å². The van der Waals surface area contributed by atoms with Crippen LogP contribution in [0.3, 0.4) is 0 Å². The van der Waals surface area contributed by atoms with Gasteiger partial charge in [-0.1, -0.05) is 231 Å². The zero-order valence-corrected chi connectivity index (χ0v) is 45.0. The molecule has 0 aromatic carbocycles. The molecule has 70 heavy (non-hydrogen) atoms. The summed E-state index contributed by atoms with van der Waals surface area (Å²) in [5.41, 5.74) is 0. The van der Waals surface area contributed by atoms with Crippen LogP contribution in [-0.2, 0) is 28.6 Å². The fourth-order valence-electron chi connectivity index (χ4n) is 7.18. The first-order chi connectivity index (χ1) is 34.5. The fraction of sp³-hybridized carbons (Fsp3) is 0.609. The molecule has 0 aliphatic rings. The molecule has 0 amide bonds. The zero-order valence-electron chi connectivity index (χ0n) is 45.0. The number of carbonyl (C=O) groups excluding carboxylic acids is 3. The van der Waals surface area contributed by atoms with Crippen LogP contribution < -0.4 is 0 Å². The zero-order chi connectivity index (χ0) is 50.7. The van der Waals surface area contributed by atoms with Crippen molar-refractivity contribution in [3.05, 3.63) is 134 Å². The molecule has 0 bridgehead atoms. The van der Waals surface area contributed by atoms with Crippen molar-refractivity contribution in [2.24, 2.45) is 0 Å². The summed E-state index contributed by atoms with van der Waals surface area (Å²) >= 11 is 0. The summed E-state index contributed by atoms with van der Waals surface area (Å²) in [5, 5.41) is 0. The van der Waals surface area contributed by atoms with Crippen LogP contribution in [0.5, 0.6) is 0 Å². The van der Waals surface area contributed by atoms with Gasteiger partial charge in [0.2, 0.25) is 0 Å². The lowest BCUT2D eigenvalue weighted by Gasteiger charge is -2.18. The van der Waals surface area contributed by atoms with Gasteiger partial charge in [0.15, 0.2) is 6.10 Å². The first kappa shape index (κ1) is 65.5. The molecule has 0 radical (unpaired) electrons. The highest BCUT2D eigenvalue weighted by atomic mass is 16.6. The molecule has 0 fully saturated rings. The lowest BCUT2D eigenvalue weighted by atomic mass is 10.1. The Hall–Kier alpha value is -4.45. The largest absolute Gasteiger partial charge is 0.462 e. The minimum absolute atomic E-state index is 0.0933. The van der Waals surface area contributed by atoms with E-state index in [0.29, 0.717) is 19.3 Å². The van der Waals surface area contributed by atoms with Crippen LogP contribution in [-0.4, -0.2) is 37.2 Å². The van der Waals surface area contributed by atoms with Gasteiger partial charge in [0.25, 0.3) is 0 Å². The number of esters is 3. The van der Waals surface area contributed by atoms with Gasteiger partial charge in [-0.15, -0.1) is 0 Å². The molecule has 0 aliphatic carbocycles. The number of unbranched alkanes of at least 4 members (excludes halogenated alkanes) is 16. The minimum atomic E-state index is -0.793. The van der Waals surface area contributed by atoms with E-state index in [1.807, 2.05) is 0 Å². The predicted octanol–water partition coefficient (Wildman–Crippen LogP) is 19.0. The Kier molecular flexibility index (Phi) is 53.5. The Labute approximate surface area is 430 Å². The molecule has 1 unspecified atom stereocenters. The van der Waals surface area contributed by atoms with Gasteiger partial charge in [0, 0.05) is 19.3 Å².